The molecule has 0 bridgehead atoms. The summed E-state index contributed by atoms with van der Waals surface area (Å²) in [5, 5.41) is 3.19. The van der Waals surface area contributed by atoms with Gasteiger partial charge in [0.25, 0.3) is 0 Å². The summed E-state index contributed by atoms with van der Waals surface area (Å²) in [5.41, 5.74) is 0.353. The second kappa shape index (κ2) is 3.56. The first-order chi connectivity index (χ1) is 6.16. The summed E-state index contributed by atoms with van der Waals surface area (Å²) in [6, 6.07) is 0. The molecule has 2 heterocycles. The van der Waals surface area contributed by atoms with Crippen LogP contribution in [0.4, 0.5) is 0 Å². The lowest BCUT2D eigenvalue weighted by molar-refractivity contribution is -0.0383. The summed E-state index contributed by atoms with van der Waals surface area (Å²) in [6.07, 6.45) is 1.90. The van der Waals surface area contributed by atoms with Gasteiger partial charge < -0.3 is 14.8 Å². The molecule has 2 saturated heterocycles. The molecule has 3 heteroatoms. The van der Waals surface area contributed by atoms with Crippen LogP contribution in [0.15, 0.2) is 0 Å². The fourth-order valence-corrected chi connectivity index (χ4v) is 1.81. The molecule has 0 radical (unpaired) electrons. The van der Waals surface area contributed by atoms with E-state index in [4.69, 9.17) is 9.47 Å². The van der Waals surface area contributed by atoms with Crippen molar-refractivity contribution >= 4 is 0 Å². The molecule has 0 aliphatic carbocycles. The van der Waals surface area contributed by atoms with Gasteiger partial charge in [-0.15, -0.1) is 0 Å². The molecule has 0 aromatic heterocycles. The second-order valence-electron chi connectivity index (χ2n) is 4.91. The third-order valence-electron chi connectivity index (χ3n) is 2.75. The van der Waals surface area contributed by atoms with Crippen LogP contribution in [-0.4, -0.2) is 38.5 Å². The van der Waals surface area contributed by atoms with Gasteiger partial charge in [0.2, 0.25) is 0 Å². The first-order valence-electron chi connectivity index (χ1n) is 5.10. The first-order valence-corrected chi connectivity index (χ1v) is 5.10. The lowest BCUT2D eigenvalue weighted by atomic mass is 9.91. The average Bonchev–Trinajstić information content (AvgIpc) is 2.27. The zero-order chi connectivity index (χ0) is 9.31. The molecule has 3 nitrogen and oxygen atoms in total. The zero-order valence-corrected chi connectivity index (χ0v) is 8.51. The Bertz CT molecular complexity index is 178. The van der Waals surface area contributed by atoms with Crippen molar-refractivity contribution in [2.75, 3.05) is 26.3 Å². The predicted octanol–water partition coefficient (Wildman–Crippen LogP) is 0.790. The number of hydrogen-bond acceptors (Lipinski definition) is 3. The highest BCUT2D eigenvalue weighted by atomic mass is 16.5. The van der Waals surface area contributed by atoms with Crippen LogP contribution in [0.3, 0.4) is 0 Å². The van der Waals surface area contributed by atoms with E-state index in [1.165, 1.54) is 0 Å². The fourth-order valence-electron chi connectivity index (χ4n) is 1.81. The molecule has 2 fully saturated rings. The minimum Gasteiger partial charge on any atom is -0.375 e. The van der Waals surface area contributed by atoms with E-state index in [9.17, 15) is 0 Å². The smallest absolute Gasteiger partial charge is 0.0824 e. The van der Waals surface area contributed by atoms with Crippen LogP contribution in [0.25, 0.3) is 0 Å². The first kappa shape index (κ1) is 9.44. The van der Waals surface area contributed by atoms with Crippen molar-refractivity contribution in [3.05, 3.63) is 0 Å². The van der Waals surface area contributed by atoms with Crippen LogP contribution in [0, 0.1) is 5.41 Å². The molecular formula is C10H19NO2. The van der Waals surface area contributed by atoms with Crippen molar-refractivity contribution in [2.45, 2.75) is 32.5 Å². The van der Waals surface area contributed by atoms with E-state index < -0.39 is 0 Å². The molecule has 0 aromatic rings. The van der Waals surface area contributed by atoms with Crippen molar-refractivity contribution in [2.24, 2.45) is 5.41 Å². The minimum atomic E-state index is 0.329. The van der Waals surface area contributed by atoms with Gasteiger partial charge in [-0.3, -0.25) is 0 Å². The van der Waals surface area contributed by atoms with Crippen molar-refractivity contribution in [3.63, 3.8) is 0 Å². The molecule has 1 atom stereocenters. The Morgan fingerprint density at radius 1 is 1.46 bits per heavy atom. The topological polar surface area (TPSA) is 30.5 Å². The molecule has 0 spiro atoms. The normalized spacial score (nSPS) is 33.2. The molecule has 2 aliphatic rings. The summed E-state index contributed by atoms with van der Waals surface area (Å²) in [4.78, 5) is 0. The number of nitrogens with one attached hydrogen (secondary N) is 1. The Morgan fingerprint density at radius 2 is 2.23 bits per heavy atom. The number of hydrogen-bond donors (Lipinski definition) is 1. The molecule has 0 amide bonds. The van der Waals surface area contributed by atoms with Crippen molar-refractivity contribution in [1.82, 2.24) is 5.32 Å². The van der Waals surface area contributed by atoms with E-state index in [1.807, 2.05) is 0 Å². The van der Waals surface area contributed by atoms with Gasteiger partial charge in [-0.05, 0) is 11.8 Å². The van der Waals surface area contributed by atoms with Gasteiger partial charge in [0, 0.05) is 13.1 Å². The van der Waals surface area contributed by atoms with Gasteiger partial charge in [-0.1, -0.05) is 13.8 Å². The molecule has 0 aromatic carbocycles. The summed E-state index contributed by atoms with van der Waals surface area (Å²) < 4.78 is 11.3. The van der Waals surface area contributed by atoms with E-state index in [1.54, 1.807) is 0 Å². The van der Waals surface area contributed by atoms with Crippen LogP contribution >= 0.6 is 0 Å². The van der Waals surface area contributed by atoms with E-state index in [0.717, 1.165) is 32.7 Å². The number of rotatable bonds is 3. The highest BCUT2D eigenvalue weighted by Gasteiger charge is 2.32. The van der Waals surface area contributed by atoms with Crippen molar-refractivity contribution in [3.8, 4) is 0 Å². The zero-order valence-electron chi connectivity index (χ0n) is 8.51. The van der Waals surface area contributed by atoms with Gasteiger partial charge in [0.15, 0.2) is 0 Å². The Hall–Kier alpha value is -0.120. The Balaban J connectivity index is 1.65. The van der Waals surface area contributed by atoms with E-state index >= 15 is 0 Å². The lowest BCUT2D eigenvalue weighted by Gasteiger charge is -2.28. The maximum Gasteiger partial charge on any atom is 0.0824 e. The third-order valence-corrected chi connectivity index (χ3v) is 2.75. The average molecular weight is 185 g/mol. The van der Waals surface area contributed by atoms with E-state index in [0.29, 0.717) is 17.6 Å². The highest BCUT2D eigenvalue weighted by molar-refractivity contribution is 4.81. The number of ether oxygens (including phenoxy) is 2. The fraction of sp³-hybridized carbons (Fsp3) is 1.00. The Labute approximate surface area is 79.8 Å². The van der Waals surface area contributed by atoms with Crippen molar-refractivity contribution < 1.29 is 9.47 Å². The molecule has 13 heavy (non-hydrogen) atoms. The van der Waals surface area contributed by atoms with E-state index in [2.05, 4.69) is 19.2 Å². The molecule has 76 valence electrons. The molecule has 0 saturated carbocycles. The molecule has 1 N–H and O–H groups in total. The quantitative estimate of drug-likeness (QED) is 0.705. The second-order valence-corrected chi connectivity index (χ2v) is 4.91. The van der Waals surface area contributed by atoms with Gasteiger partial charge >= 0.3 is 0 Å². The van der Waals surface area contributed by atoms with Crippen LogP contribution in [-0.2, 0) is 9.47 Å². The molecule has 2 rings (SSSR count). The minimum absolute atomic E-state index is 0.329. The third kappa shape index (κ3) is 2.42. The lowest BCUT2D eigenvalue weighted by Crippen LogP contribution is -2.49. The summed E-state index contributed by atoms with van der Waals surface area (Å²) >= 11 is 0. The van der Waals surface area contributed by atoms with Gasteiger partial charge in [0.1, 0.15) is 0 Å². The Morgan fingerprint density at radius 3 is 2.69 bits per heavy atom. The van der Waals surface area contributed by atoms with Gasteiger partial charge in [-0.25, -0.2) is 0 Å². The maximum absolute atomic E-state index is 5.67. The van der Waals surface area contributed by atoms with Gasteiger partial charge in [-0.2, -0.15) is 0 Å². The standard InChI is InChI=1S/C10H19NO2/c1-10(2)3-8(13-7-10)6-12-9-4-11-5-9/h8-9,11H,3-7H2,1-2H3. The largest absolute Gasteiger partial charge is 0.375 e. The molecular weight excluding hydrogens is 166 g/mol. The van der Waals surface area contributed by atoms with E-state index in [-0.39, 0.29) is 0 Å². The molecule has 2 aliphatic heterocycles. The van der Waals surface area contributed by atoms with Crippen molar-refractivity contribution in [1.29, 1.82) is 0 Å². The highest BCUT2D eigenvalue weighted by Crippen LogP contribution is 2.31. The molecule has 1 unspecified atom stereocenters. The Kier molecular flexibility index (Phi) is 2.58. The van der Waals surface area contributed by atoms with Crippen LogP contribution in [0.5, 0.6) is 0 Å². The SMILES string of the molecule is CC1(C)COC(COC2CNC2)C1. The van der Waals surface area contributed by atoms with Crippen LogP contribution in [0.1, 0.15) is 20.3 Å². The monoisotopic (exact) mass is 185 g/mol. The van der Waals surface area contributed by atoms with Gasteiger partial charge in [0.05, 0.1) is 25.4 Å². The summed E-state index contributed by atoms with van der Waals surface area (Å²) in [7, 11) is 0. The van der Waals surface area contributed by atoms with Crippen LogP contribution in [0.2, 0.25) is 0 Å². The predicted molar refractivity (Wildman–Crippen MR) is 50.7 cm³/mol. The summed E-state index contributed by atoms with van der Waals surface area (Å²) in [6.45, 7) is 8.17. The maximum atomic E-state index is 5.67. The summed E-state index contributed by atoms with van der Waals surface area (Å²) in [5.74, 6) is 0. The van der Waals surface area contributed by atoms with Crippen LogP contribution < -0.4 is 5.32 Å².